The highest BCUT2D eigenvalue weighted by molar-refractivity contribution is 6.22. The Morgan fingerprint density at radius 1 is 0.543 bits per heavy atom. The zero-order chi connectivity index (χ0) is 24.9. The molecule has 0 aliphatic heterocycles. The number of aldehydes is 2. The Balaban J connectivity index is 1.63. The molecule has 0 N–H and O–H groups in total. The molecule has 0 aliphatic rings. The molecule has 9 heteroatoms. The molecule has 0 heterocycles. The highest BCUT2D eigenvalue weighted by Gasteiger charge is 2.16. The second-order valence-corrected chi connectivity index (χ2v) is 7.45. The van der Waals surface area contributed by atoms with Crippen LogP contribution in [0.2, 0.25) is 0 Å². The summed E-state index contributed by atoms with van der Waals surface area (Å²) in [6.07, 6.45) is 1.44. The largest absolute Gasteiger partial charge is 0.576 e. The Labute approximate surface area is 202 Å². The van der Waals surface area contributed by atoms with Gasteiger partial charge in [0, 0.05) is 0 Å². The molecule has 35 heavy (non-hydrogen) atoms. The van der Waals surface area contributed by atoms with Gasteiger partial charge in [0.25, 0.3) is 0 Å². The number of carbonyl (C=O) groups excluding carboxylic acids is 2. The van der Waals surface area contributed by atoms with Crippen molar-refractivity contribution in [3.05, 3.63) is 59.7 Å². The maximum absolute atomic E-state index is 11.9. The molecule has 0 bridgehead atoms. The zero-order valence-electron chi connectivity index (χ0n) is 19.7. The maximum Gasteiger partial charge on any atom is 0.576 e. The summed E-state index contributed by atoms with van der Waals surface area (Å²) in [5, 5.41) is 2.88. The molecule has 4 aromatic rings. The van der Waals surface area contributed by atoms with E-state index in [9.17, 15) is 9.59 Å². The Morgan fingerprint density at radius 3 is 1.26 bits per heavy atom. The number of ether oxygens (including phenoxy) is 4. The van der Waals surface area contributed by atoms with E-state index in [1.54, 1.807) is 50.6 Å². The fourth-order valence-corrected chi connectivity index (χ4v) is 3.96. The van der Waals surface area contributed by atoms with Crippen LogP contribution in [0.15, 0.2) is 48.5 Å². The van der Waals surface area contributed by atoms with Crippen molar-refractivity contribution in [3.63, 3.8) is 0 Å². The topological polar surface area (TPSA) is 89.5 Å². The molecule has 0 aromatic heterocycles. The fraction of sp³-hybridized carbons (Fsp3) is 0.154. The first-order valence-electron chi connectivity index (χ1n) is 10.6. The summed E-state index contributed by atoms with van der Waals surface area (Å²) in [5.41, 5.74) is 0.691. The van der Waals surface area contributed by atoms with Crippen LogP contribution in [0.1, 0.15) is 20.7 Å². The van der Waals surface area contributed by atoms with E-state index in [1.165, 1.54) is 14.2 Å². The third kappa shape index (κ3) is 4.40. The van der Waals surface area contributed by atoms with Gasteiger partial charge in [0.1, 0.15) is 11.5 Å². The minimum Gasteiger partial charge on any atom is -0.528 e. The molecule has 0 aliphatic carbocycles. The Kier molecular flexibility index (Phi) is 6.96. The van der Waals surface area contributed by atoms with Gasteiger partial charge in [-0.1, -0.05) is 12.1 Å². The first-order chi connectivity index (χ1) is 17.1. The van der Waals surface area contributed by atoms with Gasteiger partial charge in [0.2, 0.25) is 0 Å². The number of methoxy groups -OCH3 is 4. The summed E-state index contributed by atoms with van der Waals surface area (Å²) in [7, 11) is 5.92. The molecule has 0 saturated carbocycles. The van der Waals surface area contributed by atoms with Crippen LogP contribution in [0.25, 0.3) is 21.5 Å². The predicted octanol–water partition coefficient (Wildman–Crippen LogP) is 4.38. The van der Waals surface area contributed by atoms with Crippen molar-refractivity contribution in [3.8, 4) is 34.5 Å². The normalized spacial score (nSPS) is 10.5. The average molecular weight is 474 g/mol. The number of fused-ring (bicyclic) bond motifs is 2. The van der Waals surface area contributed by atoms with Gasteiger partial charge < -0.3 is 28.3 Å². The molecular weight excluding hydrogens is 451 g/mol. The molecule has 0 radical (unpaired) electrons. The van der Waals surface area contributed by atoms with Gasteiger partial charge >= 0.3 is 7.69 Å². The lowest BCUT2D eigenvalue weighted by atomic mass is 10.0. The second kappa shape index (κ2) is 10.3. The Morgan fingerprint density at radius 2 is 0.914 bits per heavy atom. The third-order valence-corrected chi connectivity index (χ3v) is 5.72. The molecule has 0 unspecified atom stereocenters. The number of benzene rings is 4. The molecule has 8 nitrogen and oxygen atoms in total. The SMILES string of the molecule is COc1cc2ccc(OBOc3ccc4cc(OC)c(OC)cc4c3C=O)c(C=O)c2cc1OC. The van der Waals surface area contributed by atoms with Crippen LogP contribution in [0.5, 0.6) is 34.5 Å². The third-order valence-electron chi connectivity index (χ3n) is 5.72. The van der Waals surface area contributed by atoms with E-state index < -0.39 is 0 Å². The standard InChI is InChI=1S/C26H23BO8/c1-30-23-9-15-5-7-21(19(13-28)17(15)11-25(23)32-3)34-27-35-22-8-6-16-10-24(31-2)26(33-4)12-18(16)20(22)14-29/h5-14,27H,1-4H3. The molecule has 0 fully saturated rings. The van der Waals surface area contributed by atoms with Gasteiger partial charge in [-0.2, -0.15) is 0 Å². The van der Waals surface area contributed by atoms with E-state index in [2.05, 4.69) is 0 Å². The minimum absolute atomic E-state index is 0.223. The van der Waals surface area contributed by atoms with Crippen LogP contribution < -0.4 is 28.3 Å². The highest BCUT2D eigenvalue weighted by atomic mass is 16.6. The van der Waals surface area contributed by atoms with Crippen molar-refractivity contribution >= 4 is 41.8 Å². The van der Waals surface area contributed by atoms with E-state index in [1.807, 2.05) is 12.1 Å². The Bertz CT molecular complexity index is 1310. The van der Waals surface area contributed by atoms with E-state index in [-0.39, 0.29) is 7.69 Å². The predicted molar refractivity (Wildman–Crippen MR) is 133 cm³/mol. The minimum atomic E-state index is -0.223. The van der Waals surface area contributed by atoms with Crippen LogP contribution in [0, 0.1) is 0 Å². The Hall–Kier alpha value is -4.40. The van der Waals surface area contributed by atoms with Gasteiger partial charge in [-0.15, -0.1) is 0 Å². The first kappa shape index (κ1) is 23.8. The van der Waals surface area contributed by atoms with Crippen molar-refractivity contribution in [1.29, 1.82) is 0 Å². The van der Waals surface area contributed by atoms with E-state index in [0.29, 0.717) is 56.4 Å². The quantitative estimate of drug-likeness (QED) is 0.247. The van der Waals surface area contributed by atoms with Crippen molar-refractivity contribution in [2.24, 2.45) is 0 Å². The molecule has 0 atom stereocenters. The number of hydrogen-bond donors (Lipinski definition) is 0. The number of rotatable bonds is 10. The summed E-state index contributed by atoms with van der Waals surface area (Å²) in [4.78, 5) is 23.9. The first-order valence-corrected chi connectivity index (χ1v) is 10.6. The molecule has 178 valence electrons. The monoisotopic (exact) mass is 474 g/mol. The number of hydrogen-bond acceptors (Lipinski definition) is 8. The highest BCUT2D eigenvalue weighted by Crippen LogP contribution is 2.37. The van der Waals surface area contributed by atoms with Crippen LogP contribution in [-0.2, 0) is 0 Å². The van der Waals surface area contributed by atoms with E-state index >= 15 is 0 Å². The maximum atomic E-state index is 11.9. The summed E-state index contributed by atoms with van der Waals surface area (Å²) in [5.74, 6) is 2.77. The lowest BCUT2D eigenvalue weighted by Gasteiger charge is -2.15. The van der Waals surface area contributed by atoms with E-state index in [0.717, 1.165) is 23.3 Å². The lowest BCUT2D eigenvalue weighted by Crippen LogP contribution is -2.13. The smallest absolute Gasteiger partial charge is 0.528 e. The fourth-order valence-electron chi connectivity index (χ4n) is 3.96. The van der Waals surface area contributed by atoms with E-state index in [4.69, 9.17) is 28.3 Å². The van der Waals surface area contributed by atoms with Gasteiger partial charge in [0.15, 0.2) is 35.6 Å². The molecular formula is C26H23BO8. The summed E-state index contributed by atoms with van der Waals surface area (Å²) >= 11 is 0. The summed E-state index contributed by atoms with van der Waals surface area (Å²) in [6, 6.07) is 14.0. The van der Waals surface area contributed by atoms with Crippen molar-refractivity contribution in [2.45, 2.75) is 0 Å². The van der Waals surface area contributed by atoms with Gasteiger partial charge in [-0.3, -0.25) is 9.59 Å². The number of carbonyl (C=O) groups is 2. The second-order valence-electron chi connectivity index (χ2n) is 7.45. The molecule has 0 spiro atoms. The summed E-state index contributed by atoms with van der Waals surface area (Å²) in [6.45, 7) is 0. The molecule has 4 aromatic carbocycles. The van der Waals surface area contributed by atoms with Gasteiger partial charge in [-0.25, -0.2) is 0 Å². The lowest BCUT2D eigenvalue weighted by molar-refractivity contribution is 0.111. The molecule has 4 rings (SSSR count). The molecule has 0 amide bonds. The van der Waals surface area contributed by atoms with Crippen LogP contribution in [0.4, 0.5) is 0 Å². The zero-order valence-corrected chi connectivity index (χ0v) is 19.7. The van der Waals surface area contributed by atoms with Crippen LogP contribution in [-0.4, -0.2) is 48.7 Å². The average Bonchev–Trinajstić information content (AvgIpc) is 2.90. The van der Waals surface area contributed by atoms with Crippen molar-refractivity contribution in [2.75, 3.05) is 28.4 Å². The van der Waals surface area contributed by atoms with Crippen molar-refractivity contribution < 1.29 is 37.8 Å². The van der Waals surface area contributed by atoms with Gasteiger partial charge in [0.05, 0.1) is 39.6 Å². The van der Waals surface area contributed by atoms with Crippen LogP contribution in [0.3, 0.4) is 0 Å². The van der Waals surface area contributed by atoms with Crippen LogP contribution >= 0.6 is 0 Å². The van der Waals surface area contributed by atoms with Crippen molar-refractivity contribution in [1.82, 2.24) is 0 Å². The van der Waals surface area contributed by atoms with Gasteiger partial charge in [-0.05, 0) is 57.9 Å². The summed E-state index contributed by atoms with van der Waals surface area (Å²) < 4.78 is 32.9. The molecule has 0 saturated heterocycles.